The van der Waals surface area contributed by atoms with Crippen LogP contribution in [-0.2, 0) is 6.54 Å². The van der Waals surface area contributed by atoms with Gasteiger partial charge in [-0.25, -0.2) is 4.68 Å². The van der Waals surface area contributed by atoms with Crippen molar-refractivity contribution in [2.24, 2.45) is 0 Å². The Morgan fingerprint density at radius 3 is 3.17 bits per heavy atom. The highest BCUT2D eigenvalue weighted by atomic mass is 16.1. The molecule has 0 atom stereocenters. The molecule has 0 unspecified atom stereocenters. The predicted octanol–water partition coefficient (Wildman–Crippen LogP) is 1.29. The van der Waals surface area contributed by atoms with Crippen LogP contribution in [0.3, 0.4) is 0 Å². The minimum atomic E-state index is -0.196. The molecule has 0 aromatic carbocycles. The highest BCUT2D eigenvalue weighted by Crippen LogP contribution is 2.08. The van der Waals surface area contributed by atoms with Gasteiger partial charge in [0.05, 0.1) is 12.7 Å². The first kappa shape index (κ1) is 12.1. The summed E-state index contributed by atoms with van der Waals surface area (Å²) in [6.07, 6.45) is 7.08. The minimum absolute atomic E-state index is 0.196. The molecular weight excluding hydrogens is 230 g/mol. The number of hydrogen-bond acceptors (Lipinski definition) is 4. The second kappa shape index (κ2) is 5.31. The molecule has 0 saturated carbocycles. The summed E-state index contributed by atoms with van der Waals surface area (Å²) in [6.45, 7) is 6.71. The van der Waals surface area contributed by atoms with E-state index in [0.717, 1.165) is 0 Å². The fraction of sp³-hybridized carbons (Fsp3) is 0.250. The number of hydrogen-bond donors (Lipinski definition) is 2. The van der Waals surface area contributed by atoms with Crippen molar-refractivity contribution in [2.45, 2.75) is 13.5 Å². The van der Waals surface area contributed by atoms with Crippen LogP contribution < -0.4 is 10.9 Å². The Bertz CT molecular complexity index is 637. The van der Waals surface area contributed by atoms with Gasteiger partial charge in [-0.2, -0.15) is 10.1 Å². The van der Waals surface area contributed by atoms with Gasteiger partial charge in [-0.1, -0.05) is 18.2 Å². The summed E-state index contributed by atoms with van der Waals surface area (Å²) in [7, 11) is 0. The van der Waals surface area contributed by atoms with Crippen LogP contribution in [0, 0.1) is 0 Å². The van der Waals surface area contributed by atoms with Crippen LogP contribution in [0.5, 0.6) is 0 Å². The molecule has 0 aliphatic heterocycles. The topological polar surface area (TPSA) is 75.6 Å². The summed E-state index contributed by atoms with van der Waals surface area (Å²) < 4.78 is 1.64. The van der Waals surface area contributed by atoms with Crippen molar-refractivity contribution >= 4 is 17.0 Å². The maximum Gasteiger partial charge on any atom is 0.263 e. The molecule has 0 saturated heterocycles. The fourth-order valence-corrected chi connectivity index (χ4v) is 1.58. The van der Waals surface area contributed by atoms with Gasteiger partial charge < -0.3 is 5.32 Å². The molecule has 0 aliphatic rings. The van der Waals surface area contributed by atoms with E-state index in [0.29, 0.717) is 30.1 Å². The van der Waals surface area contributed by atoms with E-state index in [9.17, 15) is 4.79 Å². The van der Waals surface area contributed by atoms with Gasteiger partial charge in [-0.3, -0.25) is 9.78 Å². The number of aromatic nitrogens is 4. The molecular formula is C12H15N5O. The number of rotatable bonds is 5. The molecule has 0 amide bonds. The van der Waals surface area contributed by atoms with Gasteiger partial charge in [0.15, 0.2) is 5.65 Å². The lowest BCUT2D eigenvalue weighted by Gasteiger charge is -2.03. The summed E-state index contributed by atoms with van der Waals surface area (Å²) in [4.78, 5) is 18.8. The van der Waals surface area contributed by atoms with E-state index in [4.69, 9.17) is 0 Å². The van der Waals surface area contributed by atoms with Crippen molar-refractivity contribution in [1.82, 2.24) is 19.7 Å². The monoisotopic (exact) mass is 245 g/mol. The lowest BCUT2D eigenvalue weighted by Crippen LogP contribution is -2.13. The zero-order chi connectivity index (χ0) is 13.0. The van der Waals surface area contributed by atoms with Crippen molar-refractivity contribution in [1.29, 1.82) is 0 Å². The summed E-state index contributed by atoms with van der Waals surface area (Å²) in [5, 5.41) is 7.60. The largest absolute Gasteiger partial charge is 0.352 e. The number of nitrogens with zero attached hydrogens (tertiary/aromatic N) is 3. The van der Waals surface area contributed by atoms with Crippen molar-refractivity contribution in [3.05, 3.63) is 41.4 Å². The molecule has 0 aliphatic carbocycles. The molecule has 94 valence electrons. The number of aromatic amines is 1. The second-order valence-electron chi connectivity index (χ2n) is 3.72. The minimum Gasteiger partial charge on any atom is -0.352 e. The molecule has 2 N–H and O–H groups in total. The lowest BCUT2D eigenvalue weighted by molar-refractivity contribution is 0.720. The third-order valence-electron chi connectivity index (χ3n) is 2.43. The van der Waals surface area contributed by atoms with Gasteiger partial charge in [0.25, 0.3) is 5.56 Å². The van der Waals surface area contributed by atoms with Crippen LogP contribution in [-0.4, -0.2) is 26.3 Å². The van der Waals surface area contributed by atoms with E-state index in [1.165, 1.54) is 6.20 Å². The van der Waals surface area contributed by atoms with Gasteiger partial charge in [-0.05, 0) is 6.92 Å². The number of anilines is 1. The smallest absolute Gasteiger partial charge is 0.263 e. The summed E-state index contributed by atoms with van der Waals surface area (Å²) >= 11 is 0. The quantitative estimate of drug-likeness (QED) is 0.778. The van der Waals surface area contributed by atoms with Crippen molar-refractivity contribution in [3.8, 4) is 0 Å². The Kier molecular flexibility index (Phi) is 3.57. The molecule has 18 heavy (non-hydrogen) atoms. The van der Waals surface area contributed by atoms with Gasteiger partial charge >= 0.3 is 0 Å². The molecule has 0 fully saturated rings. The van der Waals surface area contributed by atoms with Crippen LogP contribution in [0.1, 0.15) is 6.92 Å². The third-order valence-corrected chi connectivity index (χ3v) is 2.43. The second-order valence-corrected chi connectivity index (χ2v) is 3.72. The highest BCUT2D eigenvalue weighted by molar-refractivity contribution is 5.74. The molecule has 6 nitrogen and oxygen atoms in total. The fourth-order valence-electron chi connectivity index (χ4n) is 1.58. The van der Waals surface area contributed by atoms with E-state index in [-0.39, 0.29) is 5.56 Å². The molecule has 2 heterocycles. The van der Waals surface area contributed by atoms with Gasteiger partial charge in [0.1, 0.15) is 5.39 Å². The molecule has 0 spiro atoms. The normalized spacial score (nSPS) is 11.2. The van der Waals surface area contributed by atoms with Crippen molar-refractivity contribution in [3.63, 3.8) is 0 Å². The maximum atomic E-state index is 11.8. The zero-order valence-electron chi connectivity index (χ0n) is 10.2. The zero-order valence-corrected chi connectivity index (χ0v) is 10.2. The van der Waals surface area contributed by atoms with Crippen LogP contribution in [0.4, 0.5) is 5.95 Å². The van der Waals surface area contributed by atoms with Crippen LogP contribution in [0.15, 0.2) is 35.8 Å². The summed E-state index contributed by atoms with van der Waals surface area (Å²) in [5.74, 6) is 0.441. The molecule has 2 rings (SSSR count). The Morgan fingerprint density at radius 1 is 1.61 bits per heavy atom. The van der Waals surface area contributed by atoms with Crippen LogP contribution in [0.25, 0.3) is 11.0 Å². The number of fused-ring (bicyclic) bond motifs is 1. The number of H-pyrrole nitrogens is 1. The number of allylic oxidation sites excluding steroid dienone is 2. The first-order valence-corrected chi connectivity index (χ1v) is 5.68. The van der Waals surface area contributed by atoms with Gasteiger partial charge in [-0.15, -0.1) is 6.58 Å². The van der Waals surface area contributed by atoms with E-state index in [1.54, 1.807) is 10.8 Å². The Balaban J connectivity index is 2.41. The number of nitrogens with one attached hydrogen (secondary N) is 2. The Hall–Kier alpha value is -2.37. The molecule has 2 aromatic rings. The summed E-state index contributed by atoms with van der Waals surface area (Å²) in [6, 6.07) is 0. The van der Waals surface area contributed by atoms with Gasteiger partial charge in [0, 0.05) is 6.54 Å². The first-order chi connectivity index (χ1) is 8.76. The van der Waals surface area contributed by atoms with E-state index in [1.807, 2.05) is 19.1 Å². The predicted molar refractivity (Wildman–Crippen MR) is 71.6 cm³/mol. The average molecular weight is 245 g/mol. The van der Waals surface area contributed by atoms with Crippen LogP contribution >= 0.6 is 0 Å². The van der Waals surface area contributed by atoms with Gasteiger partial charge in [0.2, 0.25) is 5.95 Å². The molecule has 6 heteroatoms. The SMILES string of the molecule is C=CCn1ncc2c(=O)[nH]c(NC/C=C/C)nc21. The van der Waals surface area contributed by atoms with E-state index < -0.39 is 0 Å². The van der Waals surface area contributed by atoms with E-state index in [2.05, 4.69) is 27.0 Å². The Morgan fingerprint density at radius 2 is 2.44 bits per heavy atom. The summed E-state index contributed by atoms with van der Waals surface area (Å²) in [5.41, 5.74) is 0.361. The first-order valence-electron chi connectivity index (χ1n) is 5.68. The highest BCUT2D eigenvalue weighted by Gasteiger charge is 2.08. The average Bonchev–Trinajstić information content (AvgIpc) is 2.74. The third kappa shape index (κ3) is 2.32. The van der Waals surface area contributed by atoms with Crippen LogP contribution in [0.2, 0.25) is 0 Å². The molecule has 0 radical (unpaired) electrons. The molecule has 0 bridgehead atoms. The van der Waals surface area contributed by atoms with Crippen molar-refractivity contribution in [2.75, 3.05) is 11.9 Å². The standard InChI is InChI=1S/C12H15N5O/c1-3-5-6-13-12-15-10-9(11(18)16-12)8-14-17(10)7-4-2/h3-5,8H,2,6-7H2,1H3,(H2,13,15,16,18)/b5-3+. The van der Waals surface area contributed by atoms with Crippen molar-refractivity contribution < 1.29 is 0 Å². The maximum absolute atomic E-state index is 11.8. The lowest BCUT2D eigenvalue weighted by atomic mass is 10.4. The van der Waals surface area contributed by atoms with E-state index >= 15 is 0 Å². The Labute approximate surface area is 104 Å². The molecule has 2 aromatic heterocycles.